The van der Waals surface area contributed by atoms with E-state index in [0.29, 0.717) is 6.04 Å². The van der Waals surface area contributed by atoms with E-state index in [4.69, 9.17) is 0 Å². The molecule has 0 saturated carbocycles. The number of hydrogen-bond donors (Lipinski definition) is 0. The minimum atomic E-state index is 0. The number of carbonyl (C=O) groups is 1. The zero-order valence-corrected chi connectivity index (χ0v) is 20.8. The van der Waals surface area contributed by atoms with Crippen molar-refractivity contribution in [2.45, 2.75) is 60.5 Å². The molecule has 0 aromatic rings. The number of rotatable bonds is 0. The summed E-state index contributed by atoms with van der Waals surface area (Å²) in [5, 5.41) is 0. The number of carbonyl (C=O) groups excluding carboxylic acids is 1. The van der Waals surface area contributed by atoms with E-state index in [0.717, 1.165) is 6.54 Å². The van der Waals surface area contributed by atoms with Gasteiger partial charge < -0.3 is 9.80 Å². The van der Waals surface area contributed by atoms with Crippen molar-refractivity contribution in [1.29, 1.82) is 0 Å². The third-order valence-electron chi connectivity index (χ3n) is 3.64. The molecule has 4 heteroatoms. The summed E-state index contributed by atoms with van der Waals surface area (Å²) < 4.78 is 0. The van der Waals surface area contributed by atoms with Gasteiger partial charge in [-0.2, -0.15) is 0 Å². The number of nitrogens with zero attached hydrogens (tertiary/aromatic N) is 2. The SMILES string of the molecule is CC.CC.CC1C=CC(C)N(C)C1=O.CC1C=C[CH-]CN1C.[U]. The van der Waals surface area contributed by atoms with E-state index < -0.39 is 0 Å². The number of hydrogen-bond acceptors (Lipinski definition) is 2. The van der Waals surface area contributed by atoms with Crippen molar-refractivity contribution in [2.24, 2.45) is 5.92 Å². The van der Waals surface area contributed by atoms with Gasteiger partial charge in [0.25, 0.3) is 0 Å². The molecule has 2 aliphatic rings. The first-order valence-corrected chi connectivity index (χ1v) is 8.58. The summed E-state index contributed by atoms with van der Waals surface area (Å²) in [5.41, 5.74) is 0. The van der Waals surface area contributed by atoms with Crippen LogP contribution in [0, 0.1) is 43.5 Å². The van der Waals surface area contributed by atoms with Crippen LogP contribution < -0.4 is 0 Å². The molecule has 3 atom stereocenters. The Labute approximate surface area is 168 Å². The summed E-state index contributed by atoms with van der Waals surface area (Å²) in [5.74, 6) is 0.288. The maximum atomic E-state index is 11.2. The van der Waals surface area contributed by atoms with Gasteiger partial charge in [0.05, 0.1) is 5.92 Å². The van der Waals surface area contributed by atoms with E-state index in [9.17, 15) is 4.79 Å². The minimum Gasteiger partial charge on any atom is -0.339 e. The van der Waals surface area contributed by atoms with E-state index >= 15 is 0 Å². The fraction of sp³-hybridized carbons (Fsp3) is 0.684. The largest absolute Gasteiger partial charge is 0.339 e. The van der Waals surface area contributed by atoms with Gasteiger partial charge in [0, 0.05) is 44.2 Å². The Morgan fingerprint density at radius 1 is 0.957 bits per heavy atom. The molecule has 0 aromatic carbocycles. The summed E-state index contributed by atoms with van der Waals surface area (Å²) in [4.78, 5) is 15.3. The maximum Gasteiger partial charge on any atom is 0.229 e. The Balaban J connectivity index is -0.000000280. The molecule has 134 valence electrons. The third kappa shape index (κ3) is 11.1. The topological polar surface area (TPSA) is 23.6 Å². The van der Waals surface area contributed by atoms with Crippen LogP contribution >= 0.6 is 0 Å². The zero-order valence-electron chi connectivity index (χ0n) is 16.6. The normalized spacial score (nSPS) is 25.3. The fourth-order valence-electron chi connectivity index (χ4n) is 1.84. The van der Waals surface area contributed by atoms with Crippen LogP contribution in [-0.2, 0) is 4.79 Å². The van der Waals surface area contributed by atoms with Crippen LogP contribution in [0.25, 0.3) is 0 Å². The van der Waals surface area contributed by atoms with Gasteiger partial charge in [0.2, 0.25) is 5.91 Å². The summed E-state index contributed by atoms with van der Waals surface area (Å²) >= 11 is 0. The van der Waals surface area contributed by atoms with Gasteiger partial charge in [-0.3, -0.25) is 4.79 Å². The summed E-state index contributed by atoms with van der Waals surface area (Å²) in [6, 6.07) is 0.892. The third-order valence-corrected chi connectivity index (χ3v) is 3.64. The number of likely N-dealkylation sites (N-methyl/N-ethyl adjacent to an activating group) is 2. The Morgan fingerprint density at radius 3 is 1.83 bits per heavy atom. The van der Waals surface area contributed by atoms with Crippen LogP contribution in [0.5, 0.6) is 0 Å². The van der Waals surface area contributed by atoms with Gasteiger partial charge >= 0.3 is 0 Å². The second-order valence-corrected chi connectivity index (χ2v) is 5.16. The average Bonchev–Trinajstić information content (AvgIpc) is 2.56. The molecule has 0 saturated heterocycles. The van der Waals surface area contributed by atoms with E-state index in [1.807, 2.05) is 54.7 Å². The first-order chi connectivity index (χ1) is 10.4. The van der Waals surface area contributed by atoms with Gasteiger partial charge in [0.15, 0.2) is 0 Å². The van der Waals surface area contributed by atoms with Crippen LogP contribution in [0.1, 0.15) is 48.5 Å². The molecule has 0 bridgehead atoms. The van der Waals surface area contributed by atoms with E-state index in [2.05, 4.69) is 43.5 Å². The monoisotopic (exact) mass is 547 g/mol. The van der Waals surface area contributed by atoms with Crippen molar-refractivity contribution in [3.05, 3.63) is 30.7 Å². The van der Waals surface area contributed by atoms with Gasteiger partial charge in [-0.05, 0) is 20.0 Å². The number of amides is 1. The second-order valence-electron chi connectivity index (χ2n) is 5.16. The van der Waals surface area contributed by atoms with Crippen LogP contribution in [0.15, 0.2) is 24.3 Å². The van der Waals surface area contributed by atoms with E-state index in [1.165, 1.54) is 0 Å². The van der Waals surface area contributed by atoms with Gasteiger partial charge in [0.1, 0.15) is 0 Å². The minimum absolute atomic E-state index is 0. The van der Waals surface area contributed by atoms with Gasteiger partial charge in [-0.1, -0.05) is 60.2 Å². The average molecular weight is 548 g/mol. The predicted octanol–water partition coefficient (Wildman–Crippen LogP) is 4.17. The zero-order chi connectivity index (χ0) is 17.7. The molecule has 0 aromatic heterocycles. The molecular weight excluding hydrogens is 510 g/mol. The van der Waals surface area contributed by atoms with Crippen molar-refractivity contribution < 1.29 is 35.9 Å². The summed E-state index contributed by atoms with van der Waals surface area (Å²) in [6.45, 7) is 15.2. The molecule has 23 heavy (non-hydrogen) atoms. The molecule has 0 fully saturated rings. The van der Waals surface area contributed by atoms with Gasteiger partial charge in [-0.25, -0.2) is 18.6 Å². The maximum absolute atomic E-state index is 11.2. The molecule has 2 aliphatic heterocycles. The standard InChI is InChI=1S/C8H13NO.C7H12N.2C2H6.U/c1-6-4-5-7(2)9(3)8(6)10;1-7-5-3-4-6-8(7)2;2*1-2;/h4-7H,1-3H3;3-5,7H,6H2,1-2H3;2*1-2H3;/q;-1;;;. The van der Waals surface area contributed by atoms with Crippen molar-refractivity contribution in [3.63, 3.8) is 0 Å². The molecule has 0 radical (unpaired) electrons. The van der Waals surface area contributed by atoms with E-state index in [-0.39, 0.29) is 49.0 Å². The molecule has 3 nitrogen and oxygen atoms in total. The molecule has 2 rings (SSSR count). The molecule has 0 N–H and O–H groups in total. The molecule has 0 spiro atoms. The predicted molar refractivity (Wildman–Crippen MR) is 98.8 cm³/mol. The van der Waals surface area contributed by atoms with Crippen LogP contribution in [-0.4, -0.2) is 48.4 Å². The fourth-order valence-corrected chi connectivity index (χ4v) is 1.84. The second kappa shape index (κ2) is 16.7. The molecule has 0 aliphatic carbocycles. The molecule has 2 heterocycles. The Bertz CT molecular complexity index is 342. The van der Waals surface area contributed by atoms with Crippen molar-refractivity contribution in [2.75, 3.05) is 20.6 Å². The summed E-state index contributed by atoms with van der Waals surface area (Å²) in [7, 11) is 3.97. The van der Waals surface area contributed by atoms with Gasteiger partial charge in [-0.15, -0.1) is 0 Å². The van der Waals surface area contributed by atoms with Crippen LogP contribution in [0.3, 0.4) is 0 Å². The molecule has 1 amide bonds. The van der Waals surface area contributed by atoms with Crippen LogP contribution in [0.4, 0.5) is 0 Å². The quantitative estimate of drug-likeness (QED) is 0.336. The Kier molecular flexibility index (Phi) is 20.1. The molecular formula is C19H37N2OU-. The van der Waals surface area contributed by atoms with Crippen LogP contribution in [0.2, 0.25) is 0 Å². The Morgan fingerprint density at radius 2 is 1.48 bits per heavy atom. The Hall–Kier alpha value is -0.168. The van der Waals surface area contributed by atoms with Crippen molar-refractivity contribution in [3.8, 4) is 0 Å². The first-order valence-electron chi connectivity index (χ1n) is 8.58. The van der Waals surface area contributed by atoms with E-state index in [1.54, 1.807) is 4.90 Å². The first kappa shape index (κ1) is 27.7. The van der Waals surface area contributed by atoms with Crippen molar-refractivity contribution in [1.82, 2.24) is 9.80 Å². The smallest absolute Gasteiger partial charge is 0.229 e. The van der Waals surface area contributed by atoms with Crippen molar-refractivity contribution >= 4 is 5.91 Å². The molecule has 3 unspecified atom stereocenters. The summed E-state index contributed by atoms with van der Waals surface area (Å²) in [6.07, 6.45) is 10.5.